The van der Waals surface area contributed by atoms with E-state index in [0.717, 1.165) is 28.1 Å². The molecular formula is C29H37N3O3S. The summed E-state index contributed by atoms with van der Waals surface area (Å²) in [7, 11) is 0. The molecule has 0 saturated heterocycles. The lowest BCUT2D eigenvalue weighted by Gasteiger charge is -2.28. The first-order chi connectivity index (χ1) is 17.5. The Morgan fingerprint density at radius 1 is 0.944 bits per heavy atom. The number of hydrogen-bond acceptors (Lipinski definition) is 4. The van der Waals surface area contributed by atoms with Crippen molar-refractivity contribution in [2.75, 3.05) is 31.6 Å². The molecule has 3 aromatic rings. The van der Waals surface area contributed by atoms with E-state index in [0.29, 0.717) is 39.3 Å². The van der Waals surface area contributed by atoms with Crippen LogP contribution in [0.25, 0.3) is 0 Å². The molecule has 0 fully saturated rings. The summed E-state index contributed by atoms with van der Waals surface area (Å²) in [5.74, 6) is -0.0815. The number of thiophene rings is 1. The molecule has 1 aromatic heterocycles. The van der Waals surface area contributed by atoms with Gasteiger partial charge in [-0.15, -0.1) is 11.3 Å². The van der Waals surface area contributed by atoms with E-state index in [4.69, 9.17) is 4.74 Å². The van der Waals surface area contributed by atoms with Gasteiger partial charge in [0.2, 0.25) is 5.91 Å². The van der Waals surface area contributed by atoms with E-state index in [9.17, 15) is 9.59 Å². The number of amides is 3. The summed E-state index contributed by atoms with van der Waals surface area (Å²) in [6, 6.07) is 19.6. The Morgan fingerprint density at radius 2 is 1.69 bits per heavy atom. The van der Waals surface area contributed by atoms with Crippen molar-refractivity contribution in [1.29, 1.82) is 0 Å². The van der Waals surface area contributed by atoms with Crippen molar-refractivity contribution in [2.24, 2.45) is 0 Å². The predicted molar refractivity (Wildman–Crippen MR) is 147 cm³/mol. The molecule has 7 heteroatoms. The summed E-state index contributed by atoms with van der Waals surface area (Å²) in [6.07, 6.45) is 1.47. The second-order valence-corrected chi connectivity index (χ2v) is 9.68. The molecule has 3 rings (SSSR count). The molecule has 0 unspecified atom stereocenters. The number of hydrogen-bond donors (Lipinski definition) is 1. The number of aryl methyl sites for hydroxylation is 2. The highest BCUT2D eigenvalue weighted by atomic mass is 32.1. The van der Waals surface area contributed by atoms with Crippen LogP contribution in [0, 0.1) is 6.92 Å². The quantitative estimate of drug-likeness (QED) is 0.284. The number of ether oxygens (including phenoxy) is 1. The van der Waals surface area contributed by atoms with Crippen LogP contribution in [0.2, 0.25) is 0 Å². The molecule has 192 valence electrons. The topological polar surface area (TPSA) is 61.9 Å². The van der Waals surface area contributed by atoms with E-state index in [1.807, 2.05) is 66.4 Å². The second kappa shape index (κ2) is 14.4. The Bertz CT molecular complexity index is 1100. The number of nitrogens with zero attached hydrogens (tertiary/aromatic N) is 2. The van der Waals surface area contributed by atoms with E-state index in [2.05, 4.69) is 30.6 Å². The van der Waals surface area contributed by atoms with Gasteiger partial charge in [0.15, 0.2) is 0 Å². The molecule has 36 heavy (non-hydrogen) atoms. The van der Waals surface area contributed by atoms with Crippen molar-refractivity contribution in [1.82, 2.24) is 9.80 Å². The molecular weight excluding hydrogens is 470 g/mol. The molecule has 2 aromatic carbocycles. The van der Waals surface area contributed by atoms with Crippen LogP contribution < -0.4 is 5.32 Å². The van der Waals surface area contributed by atoms with Gasteiger partial charge in [-0.1, -0.05) is 55.5 Å². The minimum Gasteiger partial charge on any atom is -0.382 e. The van der Waals surface area contributed by atoms with Crippen molar-refractivity contribution < 1.29 is 14.3 Å². The first-order valence-corrected chi connectivity index (χ1v) is 13.5. The van der Waals surface area contributed by atoms with Crippen LogP contribution in [-0.2, 0) is 29.0 Å². The van der Waals surface area contributed by atoms with Gasteiger partial charge in [0.25, 0.3) is 0 Å². The monoisotopic (exact) mass is 507 g/mol. The van der Waals surface area contributed by atoms with Crippen molar-refractivity contribution >= 4 is 29.0 Å². The predicted octanol–water partition coefficient (Wildman–Crippen LogP) is 6.11. The van der Waals surface area contributed by atoms with Crippen molar-refractivity contribution in [3.63, 3.8) is 0 Å². The zero-order chi connectivity index (χ0) is 25.8. The maximum absolute atomic E-state index is 13.6. The summed E-state index contributed by atoms with van der Waals surface area (Å²) in [5, 5.41) is 5.08. The lowest BCUT2D eigenvalue weighted by atomic mass is 10.1. The third-order valence-corrected chi connectivity index (χ3v) is 7.05. The van der Waals surface area contributed by atoms with E-state index >= 15 is 0 Å². The molecule has 0 aliphatic rings. The molecule has 0 spiro atoms. The summed E-state index contributed by atoms with van der Waals surface area (Å²) in [6.45, 7) is 8.69. The number of rotatable bonds is 13. The standard InChI is InChI=1S/C29H37N3O3S/c1-4-25-14-9-10-15-26(25)30-29(34)31(17-11-18-35-5-2)22-28(33)32(20-24-12-7-6-8-13-24)21-27-23(3)16-19-36-27/h6-10,12-16,19H,4-5,11,17-18,20-22H2,1-3H3,(H,30,34). The number of anilines is 1. The molecule has 0 aliphatic heterocycles. The minimum atomic E-state index is -0.271. The maximum atomic E-state index is 13.6. The van der Waals surface area contributed by atoms with Crippen LogP contribution in [0.1, 0.15) is 41.8 Å². The maximum Gasteiger partial charge on any atom is 0.322 e. The van der Waals surface area contributed by atoms with Gasteiger partial charge < -0.3 is 19.9 Å². The number of carbonyl (C=O) groups is 2. The fraction of sp³-hybridized carbons (Fsp3) is 0.379. The average Bonchev–Trinajstić information content (AvgIpc) is 3.30. The van der Waals surface area contributed by atoms with Crippen LogP contribution >= 0.6 is 11.3 Å². The minimum absolute atomic E-state index is 0.00348. The normalized spacial score (nSPS) is 10.8. The highest BCUT2D eigenvalue weighted by Gasteiger charge is 2.23. The van der Waals surface area contributed by atoms with Gasteiger partial charge in [0.1, 0.15) is 6.54 Å². The Morgan fingerprint density at radius 3 is 2.39 bits per heavy atom. The first kappa shape index (κ1) is 27.4. The van der Waals surface area contributed by atoms with Gasteiger partial charge in [0.05, 0.1) is 6.54 Å². The number of nitrogens with one attached hydrogen (secondary N) is 1. The fourth-order valence-corrected chi connectivity index (χ4v) is 4.86. The fourth-order valence-electron chi connectivity index (χ4n) is 3.94. The molecule has 0 aliphatic carbocycles. The van der Waals surface area contributed by atoms with Gasteiger partial charge in [0, 0.05) is 36.9 Å². The van der Waals surface area contributed by atoms with Crippen LogP contribution in [0.15, 0.2) is 66.0 Å². The number of carbonyl (C=O) groups excluding carboxylic acids is 2. The molecule has 6 nitrogen and oxygen atoms in total. The molecule has 1 heterocycles. The lowest BCUT2D eigenvalue weighted by molar-refractivity contribution is -0.133. The molecule has 0 radical (unpaired) electrons. The smallest absolute Gasteiger partial charge is 0.322 e. The van der Waals surface area contributed by atoms with Gasteiger partial charge in [-0.3, -0.25) is 4.79 Å². The third-order valence-electron chi connectivity index (χ3n) is 6.05. The van der Waals surface area contributed by atoms with Crippen LogP contribution in [0.4, 0.5) is 10.5 Å². The van der Waals surface area contributed by atoms with Crippen LogP contribution in [0.3, 0.4) is 0 Å². The molecule has 0 bridgehead atoms. The molecule has 3 amide bonds. The van der Waals surface area contributed by atoms with E-state index in [1.54, 1.807) is 16.2 Å². The molecule has 0 atom stereocenters. The van der Waals surface area contributed by atoms with E-state index in [-0.39, 0.29) is 18.5 Å². The van der Waals surface area contributed by atoms with Gasteiger partial charge in [-0.05, 0) is 60.9 Å². The van der Waals surface area contributed by atoms with Gasteiger partial charge in [-0.2, -0.15) is 0 Å². The first-order valence-electron chi connectivity index (χ1n) is 12.6. The third kappa shape index (κ3) is 8.21. The molecule has 0 saturated carbocycles. The Kier molecular flexibility index (Phi) is 11.0. The lowest BCUT2D eigenvalue weighted by Crippen LogP contribution is -2.44. The van der Waals surface area contributed by atoms with Crippen molar-refractivity contribution in [3.8, 4) is 0 Å². The van der Waals surface area contributed by atoms with Crippen molar-refractivity contribution in [3.05, 3.63) is 87.6 Å². The second-order valence-electron chi connectivity index (χ2n) is 8.68. The van der Waals surface area contributed by atoms with E-state index in [1.165, 1.54) is 5.56 Å². The Labute approximate surface area is 218 Å². The zero-order valence-corrected chi connectivity index (χ0v) is 22.4. The summed E-state index contributed by atoms with van der Waals surface area (Å²) >= 11 is 1.65. The van der Waals surface area contributed by atoms with Gasteiger partial charge >= 0.3 is 6.03 Å². The summed E-state index contributed by atoms with van der Waals surface area (Å²) in [4.78, 5) is 31.6. The number of para-hydroxylation sites is 1. The number of urea groups is 1. The number of benzene rings is 2. The zero-order valence-electron chi connectivity index (χ0n) is 21.5. The van der Waals surface area contributed by atoms with E-state index < -0.39 is 0 Å². The SMILES string of the molecule is CCOCCCN(CC(=O)N(Cc1ccccc1)Cc1sccc1C)C(=O)Nc1ccccc1CC. The summed E-state index contributed by atoms with van der Waals surface area (Å²) < 4.78 is 5.48. The molecule has 1 N–H and O–H groups in total. The highest BCUT2D eigenvalue weighted by Crippen LogP contribution is 2.20. The van der Waals surface area contributed by atoms with Gasteiger partial charge in [-0.25, -0.2) is 4.79 Å². The van der Waals surface area contributed by atoms with Crippen molar-refractivity contribution in [2.45, 2.75) is 46.7 Å². The Balaban J connectivity index is 1.77. The van der Waals surface area contributed by atoms with Crippen LogP contribution in [-0.4, -0.2) is 48.0 Å². The largest absolute Gasteiger partial charge is 0.382 e. The summed E-state index contributed by atoms with van der Waals surface area (Å²) in [5.41, 5.74) is 4.07. The highest BCUT2D eigenvalue weighted by molar-refractivity contribution is 7.10. The Hall–Kier alpha value is -3.16. The van der Waals surface area contributed by atoms with Crippen LogP contribution in [0.5, 0.6) is 0 Å². The average molecular weight is 508 g/mol.